The number of hydrogen-bond acceptors (Lipinski definition) is 6. The molecule has 1 amide bonds. The van der Waals surface area contributed by atoms with Crippen molar-refractivity contribution in [1.82, 2.24) is 20.2 Å². The van der Waals surface area contributed by atoms with Gasteiger partial charge in [0.1, 0.15) is 12.3 Å². The average molecular weight is 413 g/mol. The molecule has 0 spiro atoms. The molecule has 8 nitrogen and oxygen atoms in total. The topological polar surface area (TPSA) is 99.0 Å². The van der Waals surface area contributed by atoms with E-state index in [1.54, 1.807) is 67.8 Å². The number of nitrogens with one attached hydrogen (secondary N) is 1. The maximum absolute atomic E-state index is 12.5. The highest BCUT2D eigenvalue weighted by Crippen LogP contribution is 2.25. The molecule has 0 bridgehead atoms. The van der Waals surface area contributed by atoms with Crippen LogP contribution in [0.5, 0.6) is 5.75 Å². The summed E-state index contributed by atoms with van der Waals surface area (Å²) in [6, 6.07) is 22.9. The molecule has 0 saturated heterocycles. The Labute approximate surface area is 178 Å². The number of aromatic nitrogens is 4. The van der Waals surface area contributed by atoms with E-state index in [-0.39, 0.29) is 18.2 Å². The fraction of sp³-hybridized carbons (Fsp3) is 0.0870. The molecule has 31 heavy (non-hydrogen) atoms. The number of hydrogen-bond donors (Lipinski definition) is 1. The second-order valence-corrected chi connectivity index (χ2v) is 6.66. The van der Waals surface area contributed by atoms with E-state index in [2.05, 4.69) is 20.7 Å². The summed E-state index contributed by atoms with van der Waals surface area (Å²) in [4.78, 5) is 26.3. The van der Waals surface area contributed by atoms with Crippen molar-refractivity contribution in [3.63, 3.8) is 0 Å². The summed E-state index contributed by atoms with van der Waals surface area (Å²) >= 11 is 0. The van der Waals surface area contributed by atoms with Crippen LogP contribution in [0.4, 0.5) is 5.69 Å². The van der Waals surface area contributed by atoms with Gasteiger partial charge in [-0.15, -0.1) is 10.2 Å². The van der Waals surface area contributed by atoms with Crippen LogP contribution in [0.15, 0.2) is 78.9 Å². The maximum atomic E-state index is 12.5. The van der Waals surface area contributed by atoms with Gasteiger partial charge in [0.25, 0.3) is 5.91 Å². The third-order valence-electron chi connectivity index (χ3n) is 4.60. The molecule has 1 N–H and O–H groups in total. The maximum Gasteiger partial charge on any atom is 0.255 e. The third-order valence-corrected chi connectivity index (χ3v) is 4.60. The number of ether oxygens (including phenoxy) is 1. The summed E-state index contributed by atoms with van der Waals surface area (Å²) in [5, 5.41) is 15.2. The second kappa shape index (κ2) is 9.00. The van der Waals surface area contributed by atoms with Gasteiger partial charge in [-0.3, -0.25) is 9.59 Å². The van der Waals surface area contributed by atoms with Gasteiger partial charge in [-0.25, -0.2) is 0 Å². The first-order chi connectivity index (χ1) is 15.1. The van der Waals surface area contributed by atoms with Gasteiger partial charge >= 0.3 is 0 Å². The van der Waals surface area contributed by atoms with Crippen LogP contribution in [0.2, 0.25) is 0 Å². The molecule has 3 aromatic carbocycles. The molecule has 1 heterocycles. The van der Waals surface area contributed by atoms with Crippen molar-refractivity contribution >= 4 is 17.4 Å². The minimum atomic E-state index is -0.241. The molecule has 0 aliphatic heterocycles. The zero-order valence-electron chi connectivity index (χ0n) is 16.7. The largest absolute Gasteiger partial charge is 0.497 e. The number of tetrazole rings is 1. The van der Waals surface area contributed by atoms with Crippen molar-refractivity contribution in [1.29, 1.82) is 0 Å². The number of benzene rings is 3. The monoisotopic (exact) mass is 413 g/mol. The van der Waals surface area contributed by atoms with Gasteiger partial charge in [-0.2, -0.15) is 4.80 Å². The Bertz CT molecular complexity index is 1200. The van der Waals surface area contributed by atoms with Crippen molar-refractivity contribution in [2.24, 2.45) is 0 Å². The molecule has 0 fully saturated rings. The molecule has 1 aromatic heterocycles. The van der Waals surface area contributed by atoms with Gasteiger partial charge in [0.05, 0.1) is 12.8 Å². The smallest absolute Gasteiger partial charge is 0.255 e. The average Bonchev–Trinajstić information content (AvgIpc) is 3.28. The Balaban J connectivity index is 1.51. The fourth-order valence-corrected chi connectivity index (χ4v) is 2.99. The van der Waals surface area contributed by atoms with Crippen molar-refractivity contribution < 1.29 is 14.3 Å². The van der Waals surface area contributed by atoms with Crippen LogP contribution in [0.1, 0.15) is 20.7 Å². The summed E-state index contributed by atoms with van der Waals surface area (Å²) in [6.45, 7) is -0.0577. The number of carbonyl (C=O) groups excluding carboxylic acids is 2. The minimum Gasteiger partial charge on any atom is -0.497 e. The zero-order chi connectivity index (χ0) is 21.6. The Hall–Kier alpha value is -4.33. The van der Waals surface area contributed by atoms with Crippen LogP contribution in [-0.4, -0.2) is 39.0 Å². The first-order valence-corrected chi connectivity index (χ1v) is 9.55. The third kappa shape index (κ3) is 4.64. The Morgan fingerprint density at radius 2 is 1.61 bits per heavy atom. The Morgan fingerprint density at radius 3 is 2.35 bits per heavy atom. The van der Waals surface area contributed by atoms with Gasteiger partial charge in [0.2, 0.25) is 5.82 Å². The van der Waals surface area contributed by atoms with E-state index < -0.39 is 0 Å². The molecule has 0 unspecified atom stereocenters. The van der Waals surface area contributed by atoms with Crippen LogP contribution in [0.3, 0.4) is 0 Å². The lowest BCUT2D eigenvalue weighted by atomic mass is 10.1. The van der Waals surface area contributed by atoms with Gasteiger partial charge in [-0.05, 0) is 53.7 Å². The van der Waals surface area contributed by atoms with Gasteiger partial charge in [0, 0.05) is 16.7 Å². The molecule has 8 heteroatoms. The predicted octanol–water partition coefficient (Wildman–Crippen LogP) is 3.48. The molecule has 154 valence electrons. The summed E-state index contributed by atoms with van der Waals surface area (Å²) in [5.41, 5.74) is 2.22. The van der Waals surface area contributed by atoms with E-state index in [0.717, 1.165) is 0 Å². The molecule has 0 atom stereocenters. The highest BCUT2D eigenvalue weighted by atomic mass is 16.5. The lowest BCUT2D eigenvalue weighted by Gasteiger charge is -2.08. The number of methoxy groups -OCH3 is 1. The van der Waals surface area contributed by atoms with E-state index in [9.17, 15) is 9.59 Å². The zero-order valence-corrected chi connectivity index (χ0v) is 16.7. The number of rotatable bonds is 7. The Kier molecular flexibility index (Phi) is 5.79. The number of Topliss-reactive ketones (excluding diaryl/α,β-unsaturated/α-hetero) is 1. The van der Waals surface area contributed by atoms with E-state index >= 15 is 0 Å². The number of amides is 1. The second-order valence-electron chi connectivity index (χ2n) is 6.66. The molecule has 0 aliphatic rings. The molecule has 4 rings (SSSR count). The number of para-hydroxylation sites is 1. The first kappa shape index (κ1) is 20.0. The lowest BCUT2D eigenvalue weighted by Crippen LogP contribution is -2.13. The Morgan fingerprint density at radius 1 is 0.903 bits per heavy atom. The number of anilines is 1. The molecular weight excluding hydrogens is 394 g/mol. The quantitative estimate of drug-likeness (QED) is 0.466. The lowest BCUT2D eigenvalue weighted by molar-refractivity contribution is 0.0960. The number of carbonyl (C=O) groups is 2. The fourth-order valence-electron chi connectivity index (χ4n) is 2.99. The SMILES string of the molecule is COc1ccc(C(=O)Cn2nnc(-c3ccccc3NC(=O)c3ccccc3)n2)cc1. The van der Waals surface area contributed by atoms with Crippen molar-refractivity contribution in [2.45, 2.75) is 6.54 Å². The van der Waals surface area contributed by atoms with Gasteiger partial charge in [-0.1, -0.05) is 30.3 Å². The predicted molar refractivity (Wildman–Crippen MR) is 115 cm³/mol. The van der Waals surface area contributed by atoms with Crippen LogP contribution >= 0.6 is 0 Å². The van der Waals surface area contributed by atoms with Crippen LogP contribution in [0, 0.1) is 0 Å². The minimum absolute atomic E-state index is 0.0577. The van der Waals surface area contributed by atoms with E-state index in [4.69, 9.17) is 4.74 Å². The molecule has 0 radical (unpaired) electrons. The van der Waals surface area contributed by atoms with E-state index in [1.807, 2.05) is 18.2 Å². The highest BCUT2D eigenvalue weighted by molar-refractivity contribution is 6.06. The summed E-state index contributed by atoms with van der Waals surface area (Å²) < 4.78 is 5.11. The molecule has 0 aliphatic carbocycles. The number of nitrogens with zero attached hydrogens (tertiary/aromatic N) is 4. The number of ketones is 1. The molecular formula is C23H19N5O3. The highest BCUT2D eigenvalue weighted by Gasteiger charge is 2.15. The van der Waals surface area contributed by atoms with E-state index in [1.165, 1.54) is 4.80 Å². The summed E-state index contributed by atoms with van der Waals surface area (Å²) in [5.74, 6) is 0.589. The van der Waals surface area contributed by atoms with Crippen LogP contribution in [0.25, 0.3) is 11.4 Å². The molecule has 0 saturated carbocycles. The van der Waals surface area contributed by atoms with Gasteiger partial charge < -0.3 is 10.1 Å². The summed E-state index contributed by atoms with van der Waals surface area (Å²) in [6.07, 6.45) is 0. The normalized spacial score (nSPS) is 10.5. The standard InChI is InChI=1S/C23H19N5O3/c1-31-18-13-11-16(12-14-18)21(29)15-28-26-22(25-27-28)19-9-5-6-10-20(19)24-23(30)17-7-3-2-4-8-17/h2-14H,15H2,1H3,(H,24,30). The van der Waals surface area contributed by atoms with Crippen molar-refractivity contribution in [3.8, 4) is 17.1 Å². The van der Waals surface area contributed by atoms with Crippen LogP contribution < -0.4 is 10.1 Å². The van der Waals surface area contributed by atoms with Crippen molar-refractivity contribution in [3.05, 3.63) is 90.0 Å². The van der Waals surface area contributed by atoms with Crippen LogP contribution in [-0.2, 0) is 6.54 Å². The van der Waals surface area contributed by atoms with E-state index in [0.29, 0.717) is 34.0 Å². The molecule has 4 aromatic rings. The first-order valence-electron chi connectivity index (χ1n) is 9.55. The van der Waals surface area contributed by atoms with Crippen molar-refractivity contribution in [2.75, 3.05) is 12.4 Å². The van der Waals surface area contributed by atoms with Gasteiger partial charge in [0.15, 0.2) is 5.78 Å². The summed E-state index contributed by atoms with van der Waals surface area (Å²) in [7, 11) is 1.57.